The number of rotatable bonds is 7. The molecule has 0 saturated heterocycles. The summed E-state index contributed by atoms with van der Waals surface area (Å²) in [6.45, 7) is 5.38. The molecule has 0 radical (unpaired) electrons. The maximum atomic E-state index is 11.9. The smallest absolute Gasteiger partial charge is 0.305 e. The SMILES string of the molecule is CCCS(=O)(=O)c1ccc(NC(C)(C)CC(=O)O)cc1. The lowest BCUT2D eigenvalue weighted by atomic mass is 10.0. The highest BCUT2D eigenvalue weighted by molar-refractivity contribution is 7.91. The molecular formula is C14H21NO4S. The molecule has 6 heteroatoms. The van der Waals surface area contributed by atoms with E-state index in [4.69, 9.17) is 5.11 Å². The zero-order chi connectivity index (χ0) is 15.4. The minimum atomic E-state index is -3.21. The minimum Gasteiger partial charge on any atom is -0.481 e. The maximum Gasteiger partial charge on any atom is 0.305 e. The van der Waals surface area contributed by atoms with Gasteiger partial charge >= 0.3 is 5.97 Å². The van der Waals surface area contributed by atoms with Gasteiger partial charge in [0.25, 0.3) is 0 Å². The summed E-state index contributed by atoms with van der Waals surface area (Å²) in [6.07, 6.45) is 0.552. The number of benzene rings is 1. The third-order valence-electron chi connectivity index (χ3n) is 2.76. The van der Waals surface area contributed by atoms with Gasteiger partial charge in [0.1, 0.15) is 0 Å². The second-order valence-corrected chi connectivity index (χ2v) is 7.53. The van der Waals surface area contributed by atoms with Gasteiger partial charge in [0, 0.05) is 11.2 Å². The number of hydrogen-bond donors (Lipinski definition) is 2. The van der Waals surface area contributed by atoms with Gasteiger partial charge in [0.15, 0.2) is 9.84 Å². The average Bonchev–Trinajstić information content (AvgIpc) is 2.26. The number of carboxylic acid groups (broad SMARTS) is 1. The second-order valence-electron chi connectivity index (χ2n) is 5.42. The molecule has 0 aromatic heterocycles. The highest BCUT2D eigenvalue weighted by atomic mass is 32.2. The van der Waals surface area contributed by atoms with Gasteiger partial charge in [-0.15, -0.1) is 0 Å². The number of hydrogen-bond acceptors (Lipinski definition) is 4. The van der Waals surface area contributed by atoms with Crippen LogP contribution < -0.4 is 5.32 Å². The molecule has 1 aromatic rings. The lowest BCUT2D eigenvalue weighted by Gasteiger charge is -2.25. The van der Waals surface area contributed by atoms with Gasteiger partial charge in [0.2, 0.25) is 0 Å². The van der Waals surface area contributed by atoms with E-state index in [1.165, 1.54) is 0 Å². The third kappa shape index (κ3) is 4.85. The Morgan fingerprint density at radius 3 is 2.25 bits per heavy atom. The number of carbonyl (C=O) groups is 1. The first kappa shape index (κ1) is 16.5. The molecule has 0 unspecified atom stereocenters. The summed E-state index contributed by atoms with van der Waals surface area (Å²) in [4.78, 5) is 11.0. The molecule has 5 nitrogen and oxygen atoms in total. The number of nitrogens with one attached hydrogen (secondary N) is 1. The Hall–Kier alpha value is -1.56. The zero-order valence-electron chi connectivity index (χ0n) is 12.0. The highest BCUT2D eigenvalue weighted by Crippen LogP contribution is 2.21. The molecule has 1 rings (SSSR count). The van der Waals surface area contributed by atoms with Crippen LogP contribution in [0.5, 0.6) is 0 Å². The third-order valence-corrected chi connectivity index (χ3v) is 4.70. The van der Waals surface area contributed by atoms with Crippen LogP contribution >= 0.6 is 0 Å². The molecule has 0 spiro atoms. The molecule has 2 N–H and O–H groups in total. The number of aliphatic carboxylic acids is 1. The van der Waals surface area contributed by atoms with Gasteiger partial charge in [-0.3, -0.25) is 4.79 Å². The molecule has 0 bridgehead atoms. The van der Waals surface area contributed by atoms with Gasteiger partial charge < -0.3 is 10.4 Å². The van der Waals surface area contributed by atoms with Crippen molar-refractivity contribution in [2.75, 3.05) is 11.1 Å². The lowest BCUT2D eigenvalue weighted by molar-refractivity contribution is -0.137. The largest absolute Gasteiger partial charge is 0.481 e. The minimum absolute atomic E-state index is 0.0249. The average molecular weight is 299 g/mol. The summed E-state index contributed by atoms with van der Waals surface area (Å²) in [5, 5.41) is 11.9. The Morgan fingerprint density at radius 2 is 1.80 bits per heavy atom. The van der Waals surface area contributed by atoms with Crippen molar-refractivity contribution in [2.45, 2.75) is 44.0 Å². The van der Waals surface area contributed by atoms with Crippen molar-refractivity contribution < 1.29 is 18.3 Å². The molecule has 20 heavy (non-hydrogen) atoms. The maximum absolute atomic E-state index is 11.9. The molecule has 1 aromatic carbocycles. The number of carboxylic acids is 1. The fourth-order valence-corrected chi connectivity index (χ4v) is 3.27. The summed E-state index contributed by atoms with van der Waals surface area (Å²) < 4.78 is 23.8. The van der Waals surface area contributed by atoms with E-state index in [1.807, 2.05) is 6.92 Å². The molecule has 0 saturated carbocycles. The van der Waals surface area contributed by atoms with E-state index in [2.05, 4.69) is 5.32 Å². The van der Waals surface area contributed by atoms with Gasteiger partial charge in [-0.1, -0.05) is 6.92 Å². The first-order valence-corrected chi connectivity index (χ1v) is 8.14. The standard InChI is InChI=1S/C14H21NO4S/c1-4-9-20(18,19)12-7-5-11(6-8-12)15-14(2,3)10-13(16)17/h5-8,15H,4,9-10H2,1-3H3,(H,16,17). The van der Waals surface area contributed by atoms with Crippen molar-refractivity contribution in [3.05, 3.63) is 24.3 Å². The summed E-state index contributed by atoms with van der Waals surface area (Å²) in [5.74, 6) is -0.755. The van der Waals surface area contributed by atoms with Crippen LogP contribution in [0.15, 0.2) is 29.2 Å². The Balaban J connectivity index is 2.85. The van der Waals surface area contributed by atoms with Gasteiger partial charge in [-0.05, 0) is 44.5 Å². The van der Waals surface area contributed by atoms with Crippen LogP contribution in [-0.2, 0) is 14.6 Å². The van der Waals surface area contributed by atoms with E-state index in [0.717, 1.165) is 0 Å². The van der Waals surface area contributed by atoms with Crippen molar-refractivity contribution >= 4 is 21.5 Å². The first-order valence-electron chi connectivity index (χ1n) is 6.49. The van der Waals surface area contributed by atoms with Crippen molar-refractivity contribution in [3.63, 3.8) is 0 Å². The Kier molecular flexibility index (Phi) is 5.16. The van der Waals surface area contributed by atoms with Crippen LogP contribution in [0.3, 0.4) is 0 Å². The summed E-state index contributed by atoms with van der Waals surface area (Å²) >= 11 is 0. The molecule has 0 aliphatic carbocycles. The molecule has 112 valence electrons. The Bertz CT molecular complexity index is 561. The second kappa shape index (κ2) is 6.26. The van der Waals surface area contributed by atoms with E-state index in [1.54, 1.807) is 38.1 Å². The Labute approximate surface area is 119 Å². The Morgan fingerprint density at radius 1 is 1.25 bits per heavy atom. The predicted molar refractivity (Wildman–Crippen MR) is 78.7 cm³/mol. The van der Waals surface area contributed by atoms with Gasteiger partial charge in [0.05, 0.1) is 17.1 Å². The van der Waals surface area contributed by atoms with Crippen LogP contribution in [0.2, 0.25) is 0 Å². The van der Waals surface area contributed by atoms with E-state index in [0.29, 0.717) is 17.0 Å². The highest BCUT2D eigenvalue weighted by Gasteiger charge is 2.21. The van der Waals surface area contributed by atoms with E-state index < -0.39 is 21.3 Å². The lowest BCUT2D eigenvalue weighted by Crippen LogP contribution is -2.33. The molecule has 0 amide bonds. The molecule has 0 fully saturated rings. The predicted octanol–water partition coefficient (Wildman–Crippen LogP) is 2.54. The molecular weight excluding hydrogens is 278 g/mol. The van der Waals surface area contributed by atoms with Crippen LogP contribution in [-0.4, -0.2) is 30.8 Å². The van der Waals surface area contributed by atoms with Crippen LogP contribution in [0, 0.1) is 0 Å². The topological polar surface area (TPSA) is 83.5 Å². The normalized spacial score (nSPS) is 12.2. The molecule has 0 aliphatic heterocycles. The van der Waals surface area contributed by atoms with Crippen molar-refractivity contribution in [3.8, 4) is 0 Å². The van der Waals surface area contributed by atoms with Crippen molar-refractivity contribution in [2.24, 2.45) is 0 Å². The fourth-order valence-electron chi connectivity index (χ4n) is 1.95. The van der Waals surface area contributed by atoms with E-state index in [9.17, 15) is 13.2 Å². The summed E-state index contributed by atoms with van der Waals surface area (Å²) in [7, 11) is -3.21. The molecule has 0 heterocycles. The first-order chi connectivity index (χ1) is 9.16. The van der Waals surface area contributed by atoms with Crippen molar-refractivity contribution in [1.29, 1.82) is 0 Å². The summed E-state index contributed by atoms with van der Waals surface area (Å²) in [5.41, 5.74) is 0.0991. The van der Waals surface area contributed by atoms with E-state index in [-0.39, 0.29) is 12.2 Å². The zero-order valence-corrected chi connectivity index (χ0v) is 12.8. The van der Waals surface area contributed by atoms with E-state index >= 15 is 0 Å². The number of sulfone groups is 1. The summed E-state index contributed by atoms with van der Waals surface area (Å²) in [6, 6.07) is 6.41. The van der Waals surface area contributed by atoms with Gasteiger partial charge in [-0.2, -0.15) is 0 Å². The van der Waals surface area contributed by atoms with Gasteiger partial charge in [-0.25, -0.2) is 8.42 Å². The quantitative estimate of drug-likeness (QED) is 0.808. The van der Waals surface area contributed by atoms with Crippen LogP contribution in [0.4, 0.5) is 5.69 Å². The van der Waals surface area contributed by atoms with Crippen LogP contribution in [0.1, 0.15) is 33.6 Å². The van der Waals surface area contributed by atoms with Crippen molar-refractivity contribution in [1.82, 2.24) is 0 Å². The monoisotopic (exact) mass is 299 g/mol. The van der Waals surface area contributed by atoms with Crippen LogP contribution in [0.25, 0.3) is 0 Å². The number of anilines is 1. The fraction of sp³-hybridized carbons (Fsp3) is 0.500. The molecule has 0 atom stereocenters. The molecule has 0 aliphatic rings.